The minimum atomic E-state index is -0.351. The third kappa shape index (κ3) is 4.84. The number of hydrogen-bond donors (Lipinski definition) is 3. The fourth-order valence-corrected chi connectivity index (χ4v) is 6.82. The molecule has 38 heavy (non-hydrogen) atoms. The lowest BCUT2D eigenvalue weighted by atomic mass is 9.94. The van der Waals surface area contributed by atoms with Crippen molar-refractivity contribution in [3.63, 3.8) is 0 Å². The van der Waals surface area contributed by atoms with Gasteiger partial charge in [0.25, 0.3) is 5.56 Å². The predicted molar refractivity (Wildman–Crippen MR) is 155 cm³/mol. The van der Waals surface area contributed by atoms with Gasteiger partial charge >= 0.3 is 0 Å². The molecule has 0 saturated carbocycles. The summed E-state index contributed by atoms with van der Waals surface area (Å²) in [4.78, 5) is 40.4. The third-order valence-electron chi connectivity index (χ3n) is 7.68. The number of fused-ring (bicyclic) bond motifs is 1. The van der Waals surface area contributed by atoms with Crippen LogP contribution in [0, 0.1) is 13.8 Å². The van der Waals surface area contributed by atoms with Gasteiger partial charge in [-0.15, -0.1) is 0 Å². The van der Waals surface area contributed by atoms with Crippen LogP contribution in [0.2, 0.25) is 0 Å². The van der Waals surface area contributed by atoms with E-state index in [1.54, 1.807) is 18.0 Å². The summed E-state index contributed by atoms with van der Waals surface area (Å²) in [5.41, 5.74) is 1.89. The van der Waals surface area contributed by atoms with Crippen molar-refractivity contribution in [2.24, 2.45) is 4.99 Å². The summed E-state index contributed by atoms with van der Waals surface area (Å²) in [6.07, 6.45) is 12.3. The summed E-state index contributed by atoms with van der Waals surface area (Å²) in [7, 11) is 0. The molecule has 200 valence electrons. The van der Waals surface area contributed by atoms with E-state index in [4.69, 9.17) is 15.0 Å². The number of hydrogen-bond acceptors (Lipinski definition) is 10. The highest BCUT2D eigenvalue weighted by atomic mass is 32.2. The van der Waals surface area contributed by atoms with Crippen molar-refractivity contribution >= 4 is 34.4 Å². The highest BCUT2D eigenvalue weighted by Gasteiger charge is 2.40. The normalized spacial score (nSPS) is 26.9. The number of thioether (sulfide) groups is 1. The number of aryl methyl sites for hydroxylation is 2. The smallest absolute Gasteiger partial charge is 0.264 e. The van der Waals surface area contributed by atoms with Crippen LogP contribution in [-0.2, 0) is 0 Å². The van der Waals surface area contributed by atoms with Crippen LogP contribution < -0.4 is 26.0 Å². The SMILES string of the molecule is Cc1cnc(C)c(N2CCN(c3nc(N[C@@H]4CCCNC4)c(C4=NC5(C)C=CC=CC5S4)c(=O)[nH]3)CC2)n1. The number of piperidine rings is 1. The molecule has 3 N–H and O–H groups in total. The van der Waals surface area contributed by atoms with Crippen molar-refractivity contribution in [1.82, 2.24) is 25.3 Å². The lowest BCUT2D eigenvalue weighted by Crippen LogP contribution is -2.48. The molecule has 6 rings (SSSR count). The second-order valence-electron chi connectivity index (χ2n) is 10.6. The highest BCUT2D eigenvalue weighted by Crippen LogP contribution is 2.41. The Morgan fingerprint density at radius 3 is 2.71 bits per heavy atom. The van der Waals surface area contributed by atoms with Crippen molar-refractivity contribution in [3.8, 4) is 0 Å². The molecule has 2 saturated heterocycles. The van der Waals surface area contributed by atoms with Crippen LogP contribution in [-0.4, -0.2) is 81.1 Å². The molecule has 2 unspecified atom stereocenters. The van der Waals surface area contributed by atoms with Crippen molar-refractivity contribution in [1.29, 1.82) is 0 Å². The number of nitrogens with one attached hydrogen (secondary N) is 3. The zero-order valence-corrected chi connectivity index (χ0v) is 23.0. The Labute approximate surface area is 227 Å². The molecule has 11 heteroatoms. The van der Waals surface area contributed by atoms with Gasteiger partial charge in [-0.1, -0.05) is 36.1 Å². The summed E-state index contributed by atoms with van der Waals surface area (Å²) in [5.74, 6) is 2.16. The summed E-state index contributed by atoms with van der Waals surface area (Å²) >= 11 is 1.64. The Balaban J connectivity index is 1.29. The van der Waals surface area contributed by atoms with Crippen LogP contribution in [0.1, 0.15) is 36.7 Å². The molecule has 2 aromatic rings. The molecule has 10 nitrogen and oxygen atoms in total. The first kappa shape index (κ1) is 25.1. The number of aromatic amines is 1. The Bertz CT molecular complexity index is 1350. The van der Waals surface area contributed by atoms with E-state index in [9.17, 15) is 4.79 Å². The molecule has 0 radical (unpaired) electrons. The fourth-order valence-electron chi connectivity index (χ4n) is 5.48. The van der Waals surface area contributed by atoms with Gasteiger partial charge in [0.05, 0.1) is 22.2 Å². The molecule has 0 bridgehead atoms. The average molecular weight is 534 g/mol. The third-order valence-corrected chi connectivity index (χ3v) is 9.08. The first-order valence-electron chi connectivity index (χ1n) is 13.4. The molecule has 4 aliphatic rings. The standard InChI is InChI=1S/C27H35N9OS/c1-17-15-29-18(2)23(30-17)35-11-13-36(14-12-35)26-32-22(31-19-7-6-10-28-16-19)21(24(37)33-26)25-34-27(3)9-5-4-8-20(27)38-25/h4-5,8-9,15,19-20,28H,6-7,10-14,16H2,1-3H3,(H2,31,32,33,37)/t19-,20?,27?/m1/s1. The molecule has 2 fully saturated rings. The van der Waals surface area contributed by atoms with E-state index < -0.39 is 0 Å². The summed E-state index contributed by atoms with van der Waals surface area (Å²) in [5, 5.41) is 7.99. The molecule has 5 heterocycles. The zero-order chi connectivity index (χ0) is 26.3. The summed E-state index contributed by atoms with van der Waals surface area (Å²) in [6, 6.07) is 0.217. The van der Waals surface area contributed by atoms with Crippen LogP contribution >= 0.6 is 11.8 Å². The Morgan fingerprint density at radius 1 is 1.13 bits per heavy atom. The zero-order valence-electron chi connectivity index (χ0n) is 22.2. The molecular weight excluding hydrogens is 498 g/mol. The van der Waals surface area contributed by atoms with Gasteiger partial charge in [-0.25, -0.2) is 4.98 Å². The molecular formula is C27H35N9OS. The van der Waals surface area contributed by atoms with Gasteiger partial charge < -0.3 is 20.4 Å². The van der Waals surface area contributed by atoms with E-state index in [-0.39, 0.29) is 22.4 Å². The average Bonchev–Trinajstić information content (AvgIpc) is 3.27. The second kappa shape index (κ2) is 10.2. The number of allylic oxidation sites excluding steroid dienone is 2. The van der Waals surface area contributed by atoms with Crippen molar-refractivity contribution < 1.29 is 0 Å². The van der Waals surface area contributed by atoms with Gasteiger partial charge in [-0.05, 0) is 40.2 Å². The largest absolute Gasteiger partial charge is 0.365 e. The predicted octanol–water partition coefficient (Wildman–Crippen LogP) is 2.41. The Morgan fingerprint density at radius 2 is 1.95 bits per heavy atom. The van der Waals surface area contributed by atoms with E-state index in [2.05, 4.69) is 55.6 Å². The number of rotatable bonds is 5. The fraction of sp³-hybridized carbons (Fsp3) is 0.519. The van der Waals surface area contributed by atoms with Gasteiger partial charge in [0, 0.05) is 45.0 Å². The molecule has 3 aliphatic heterocycles. The van der Waals surface area contributed by atoms with Gasteiger partial charge in [0.2, 0.25) is 5.95 Å². The Kier molecular flexibility index (Phi) is 6.73. The molecule has 1 aliphatic carbocycles. The van der Waals surface area contributed by atoms with Crippen molar-refractivity contribution in [3.05, 3.63) is 57.8 Å². The molecule has 3 atom stereocenters. The van der Waals surface area contributed by atoms with Gasteiger partial charge in [0.15, 0.2) is 0 Å². The lowest BCUT2D eigenvalue weighted by Gasteiger charge is -2.36. The van der Waals surface area contributed by atoms with Gasteiger partial charge in [-0.2, -0.15) is 4.98 Å². The minimum absolute atomic E-state index is 0.148. The lowest BCUT2D eigenvalue weighted by molar-refractivity contribution is 0.479. The maximum Gasteiger partial charge on any atom is 0.264 e. The van der Waals surface area contributed by atoms with Crippen LogP contribution in [0.3, 0.4) is 0 Å². The van der Waals surface area contributed by atoms with E-state index in [1.807, 2.05) is 19.9 Å². The van der Waals surface area contributed by atoms with Crippen LogP contribution in [0.4, 0.5) is 17.6 Å². The van der Waals surface area contributed by atoms with Crippen LogP contribution in [0.25, 0.3) is 0 Å². The van der Waals surface area contributed by atoms with Crippen molar-refractivity contribution in [2.75, 3.05) is 54.4 Å². The number of aromatic nitrogens is 4. The van der Waals surface area contributed by atoms with Gasteiger partial charge in [0.1, 0.15) is 22.2 Å². The minimum Gasteiger partial charge on any atom is -0.365 e. The topological polar surface area (TPSA) is 114 Å². The highest BCUT2D eigenvalue weighted by molar-refractivity contribution is 8.15. The maximum atomic E-state index is 13.7. The number of aliphatic imine (C=N–C) groups is 1. The number of nitrogens with zero attached hydrogens (tertiary/aromatic N) is 6. The Hall–Kier alpha value is -3.18. The quantitative estimate of drug-likeness (QED) is 0.533. The van der Waals surface area contributed by atoms with Gasteiger partial charge in [-0.3, -0.25) is 19.8 Å². The number of piperazine rings is 1. The van der Waals surface area contributed by atoms with E-state index >= 15 is 0 Å². The monoisotopic (exact) mass is 533 g/mol. The molecule has 0 amide bonds. The number of H-pyrrole nitrogens is 1. The van der Waals surface area contributed by atoms with E-state index in [0.717, 1.165) is 74.4 Å². The molecule has 2 aromatic heterocycles. The summed E-state index contributed by atoms with van der Waals surface area (Å²) < 4.78 is 0. The van der Waals surface area contributed by atoms with E-state index in [1.165, 1.54) is 0 Å². The molecule has 0 spiro atoms. The van der Waals surface area contributed by atoms with E-state index in [0.29, 0.717) is 17.3 Å². The van der Waals surface area contributed by atoms with Crippen LogP contribution in [0.5, 0.6) is 0 Å². The molecule has 0 aromatic carbocycles. The number of anilines is 3. The first-order valence-corrected chi connectivity index (χ1v) is 14.3. The first-order chi connectivity index (χ1) is 18.4. The van der Waals surface area contributed by atoms with Crippen LogP contribution in [0.15, 0.2) is 40.3 Å². The second-order valence-corrected chi connectivity index (χ2v) is 11.8. The maximum absolute atomic E-state index is 13.7. The summed E-state index contributed by atoms with van der Waals surface area (Å²) in [6.45, 7) is 11.0. The van der Waals surface area contributed by atoms with Crippen molar-refractivity contribution in [2.45, 2.75) is 50.4 Å².